The standard InChI is InChI=1S/4C20H26O.C4H10O.Mo/c4*1-11-4-12(2)18(13(3)5-11)20(21)19-16-7-14-6-15(9-16)10-17(19)8-14;1-3-5-4-2;/h4*4-5,14-17,21H,6-10H2,1-3H3;3-4H2,1-2H3;/q;;;;;+4/p-4. The molecule has 0 unspecified atom stereocenters. The van der Waals surface area contributed by atoms with Gasteiger partial charge in [0.1, 0.15) is 0 Å². The molecule has 0 heterocycles. The molecule has 0 aliphatic heterocycles. The summed E-state index contributed by atoms with van der Waals surface area (Å²) in [6.45, 7) is 30.9. The van der Waals surface area contributed by atoms with Crippen molar-refractivity contribution in [2.24, 2.45) is 94.7 Å². The molecule has 0 aromatic heterocycles. The van der Waals surface area contributed by atoms with Crippen LogP contribution in [0.3, 0.4) is 0 Å². The summed E-state index contributed by atoms with van der Waals surface area (Å²) in [5, 5.41) is 53.0. The van der Waals surface area contributed by atoms with Crippen LogP contribution in [0.4, 0.5) is 0 Å². The number of hydrogen-bond acceptors (Lipinski definition) is 5. The molecule has 5 nitrogen and oxygen atoms in total. The minimum Gasteiger partial charge on any atom is -0.872 e. The van der Waals surface area contributed by atoms with Gasteiger partial charge in [-0.1, -0.05) is 93.1 Å². The molecule has 6 heteroatoms. The second-order valence-corrected chi connectivity index (χ2v) is 32.2. The SMILES string of the molecule is CCOCC.Cc1cc(C)c(C([O-])=C2C3CC4CC(C3)CC2C4)c(C)c1.Cc1cc(C)c(C([O-])=C2C3CC4CC(C3)CC2C4)c(C)c1.Cc1cc(C)c(C([O-])=C2C3CC4CC(C3)CC2C4)c(C)c1.Cc1cc(C)c(C([O-])=C2C3CC4CC(C3)CC2C4)c(C)c1.[Mo+4]. The van der Waals surface area contributed by atoms with E-state index in [1.807, 2.05) is 13.8 Å². The minimum absolute atomic E-state index is 0. The Morgan fingerprint density at radius 2 is 0.400 bits per heavy atom. The number of rotatable bonds is 6. The van der Waals surface area contributed by atoms with Gasteiger partial charge in [0.15, 0.2) is 0 Å². The molecule has 0 amide bonds. The van der Waals surface area contributed by atoms with Gasteiger partial charge >= 0.3 is 21.1 Å². The van der Waals surface area contributed by atoms with Crippen LogP contribution in [0.15, 0.2) is 70.8 Å². The van der Waals surface area contributed by atoms with Gasteiger partial charge in [0.05, 0.1) is 0 Å². The van der Waals surface area contributed by atoms with Crippen LogP contribution < -0.4 is 20.4 Å². The van der Waals surface area contributed by atoms with Gasteiger partial charge < -0.3 is 25.2 Å². The third-order valence-corrected chi connectivity index (χ3v) is 25.1. The van der Waals surface area contributed by atoms with Crippen molar-refractivity contribution in [2.45, 2.75) is 225 Å². The molecule has 0 N–H and O–H groups in total. The summed E-state index contributed by atoms with van der Waals surface area (Å²) in [7, 11) is 0. The van der Waals surface area contributed by atoms with Crippen molar-refractivity contribution >= 4 is 23.0 Å². The van der Waals surface area contributed by atoms with Crippen molar-refractivity contribution in [1.82, 2.24) is 0 Å². The molecule has 0 atom stereocenters. The van der Waals surface area contributed by atoms with Crippen molar-refractivity contribution in [3.63, 3.8) is 0 Å². The number of aryl methyl sites for hydroxylation is 12. The van der Waals surface area contributed by atoms with Crippen LogP contribution in [-0.2, 0) is 25.8 Å². The zero-order valence-corrected chi connectivity index (χ0v) is 59.9. The molecule has 90 heavy (non-hydrogen) atoms. The minimum atomic E-state index is 0. The van der Waals surface area contributed by atoms with Crippen molar-refractivity contribution < 1.29 is 46.2 Å². The Labute approximate surface area is 558 Å². The van der Waals surface area contributed by atoms with Crippen LogP contribution in [0.2, 0.25) is 0 Å². The molecule has 16 fully saturated rings. The summed E-state index contributed by atoms with van der Waals surface area (Å²) in [5.74, 6) is 13.8. The van der Waals surface area contributed by atoms with Crippen LogP contribution in [0, 0.1) is 178 Å². The van der Waals surface area contributed by atoms with E-state index in [2.05, 4.69) is 132 Å². The van der Waals surface area contributed by atoms with Crippen molar-refractivity contribution in [1.29, 1.82) is 0 Å². The quantitative estimate of drug-likeness (QED) is 0.141. The normalized spacial score (nSPS) is 31.8. The smallest absolute Gasteiger partial charge is 0.872 e. The average Bonchev–Trinajstić information content (AvgIpc) is 0.813. The van der Waals surface area contributed by atoms with Crippen LogP contribution in [0.1, 0.15) is 231 Å². The van der Waals surface area contributed by atoms with Gasteiger partial charge in [-0.2, -0.15) is 0 Å². The van der Waals surface area contributed by atoms with Crippen LogP contribution in [0.5, 0.6) is 0 Å². The van der Waals surface area contributed by atoms with E-state index >= 15 is 0 Å². The molecule has 4 aromatic rings. The predicted molar refractivity (Wildman–Crippen MR) is 361 cm³/mol. The fourth-order valence-corrected chi connectivity index (χ4v) is 23.2. The molecule has 4 aromatic carbocycles. The van der Waals surface area contributed by atoms with Gasteiger partial charge in [-0.25, -0.2) is 0 Å². The predicted octanol–water partition coefficient (Wildman–Crippen LogP) is 17.6. The molecule has 0 radical (unpaired) electrons. The molecule has 16 aliphatic carbocycles. The Balaban J connectivity index is 0.000000120. The monoisotopic (exact) mass is 1300 g/mol. The third-order valence-electron chi connectivity index (χ3n) is 25.1. The van der Waals surface area contributed by atoms with Crippen molar-refractivity contribution in [3.05, 3.63) is 160 Å². The molecule has 16 aliphatic rings. The molecule has 482 valence electrons. The number of benzene rings is 4. The first kappa shape index (κ1) is 67.1. The second-order valence-electron chi connectivity index (χ2n) is 32.2. The second kappa shape index (κ2) is 27.6. The summed E-state index contributed by atoms with van der Waals surface area (Å²) >= 11 is 0. The van der Waals surface area contributed by atoms with E-state index in [-0.39, 0.29) is 21.1 Å². The maximum Gasteiger partial charge on any atom is 4.00 e. The van der Waals surface area contributed by atoms with E-state index in [1.54, 1.807) is 0 Å². The fraction of sp³-hybridized carbons (Fsp3) is 0.619. The van der Waals surface area contributed by atoms with E-state index in [0.29, 0.717) is 70.4 Å². The van der Waals surface area contributed by atoms with E-state index in [0.717, 1.165) is 82.8 Å². The molecular formula is C84H110MoO5. The van der Waals surface area contributed by atoms with Crippen molar-refractivity contribution in [3.8, 4) is 0 Å². The summed E-state index contributed by atoms with van der Waals surface area (Å²) in [6, 6.07) is 17.3. The summed E-state index contributed by atoms with van der Waals surface area (Å²) < 4.78 is 4.83. The number of allylic oxidation sites excluding steroid dienone is 4. The third kappa shape index (κ3) is 13.5. The Morgan fingerprint density at radius 1 is 0.267 bits per heavy atom. The molecular weight excluding hydrogens is 1180 g/mol. The van der Waals surface area contributed by atoms with Crippen molar-refractivity contribution in [2.75, 3.05) is 13.2 Å². The zero-order valence-electron chi connectivity index (χ0n) is 57.9. The zero-order chi connectivity index (χ0) is 63.0. The van der Waals surface area contributed by atoms with E-state index in [4.69, 9.17) is 4.74 Å². The summed E-state index contributed by atoms with van der Waals surface area (Å²) in [4.78, 5) is 0. The fourth-order valence-electron chi connectivity index (χ4n) is 23.2. The first-order valence-electron chi connectivity index (χ1n) is 36.1. The van der Waals surface area contributed by atoms with Gasteiger partial charge in [-0.15, -0.1) is 23.0 Å². The Morgan fingerprint density at radius 3 is 0.511 bits per heavy atom. The Kier molecular flexibility index (Phi) is 20.6. The van der Waals surface area contributed by atoms with Gasteiger partial charge in [0, 0.05) is 13.2 Å². The molecule has 20 rings (SSSR count). The molecule has 16 saturated carbocycles. The van der Waals surface area contributed by atoms with Gasteiger partial charge in [-0.05, 0) is 387 Å². The van der Waals surface area contributed by atoms with E-state index < -0.39 is 0 Å². The largest absolute Gasteiger partial charge is 4.00 e. The number of ether oxygens (including phenoxy) is 1. The topological polar surface area (TPSA) is 101 Å². The Hall–Kier alpha value is -4.31. The van der Waals surface area contributed by atoms with Gasteiger partial charge in [0.2, 0.25) is 0 Å². The van der Waals surface area contributed by atoms with Crippen LogP contribution in [0.25, 0.3) is 23.0 Å². The van der Waals surface area contributed by atoms with Gasteiger partial charge in [0.25, 0.3) is 0 Å². The first-order chi connectivity index (χ1) is 42.5. The maximum absolute atomic E-state index is 13.3. The number of hydrogen-bond donors (Lipinski definition) is 0. The molecule has 0 saturated heterocycles. The van der Waals surface area contributed by atoms with E-state index in [1.165, 1.54) is 217 Å². The first-order valence-corrected chi connectivity index (χ1v) is 36.1. The summed E-state index contributed by atoms with van der Waals surface area (Å²) in [5.41, 5.74) is 23.6. The Bertz CT molecular complexity index is 2790. The average molecular weight is 1300 g/mol. The van der Waals surface area contributed by atoms with Gasteiger partial charge in [-0.3, -0.25) is 0 Å². The maximum atomic E-state index is 13.3. The van der Waals surface area contributed by atoms with E-state index in [9.17, 15) is 20.4 Å². The summed E-state index contributed by atoms with van der Waals surface area (Å²) in [6.07, 6.45) is 26.4. The van der Waals surface area contributed by atoms with Crippen LogP contribution in [-0.4, -0.2) is 13.2 Å². The van der Waals surface area contributed by atoms with Crippen LogP contribution >= 0.6 is 0 Å². The molecule has 16 bridgehead atoms. The molecule has 0 spiro atoms.